The molecule has 0 aliphatic heterocycles. The van der Waals surface area contributed by atoms with Gasteiger partial charge in [-0.25, -0.2) is 0 Å². The van der Waals surface area contributed by atoms with Crippen LogP contribution in [0.15, 0.2) is 47.6 Å². The van der Waals surface area contributed by atoms with Crippen molar-refractivity contribution < 1.29 is 0 Å². The van der Waals surface area contributed by atoms with Gasteiger partial charge in [-0.1, -0.05) is 44.0 Å². The molecule has 2 nitrogen and oxygen atoms in total. The average Bonchev–Trinajstić information content (AvgIpc) is 2.57. The summed E-state index contributed by atoms with van der Waals surface area (Å²) in [6.45, 7) is 2.36. The van der Waals surface area contributed by atoms with E-state index >= 15 is 0 Å². The standard InChI is InChI=1S/C19H20N2S/c1-14-2-4-15(5-3-14)16-6-8-17(9-7-16)19-11-10-18(12-20-19)21-13-22/h6-12,14-15H,2-5H2,1H3. The Morgan fingerprint density at radius 1 is 1.05 bits per heavy atom. The van der Waals surface area contributed by atoms with Crippen molar-refractivity contribution in [2.45, 2.75) is 38.5 Å². The Hall–Kier alpha value is -1.83. The highest BCUT2D eigenvalue weighted by molar-refractivity contribution is 7.78. The quantitative estimate of drug-likeness (QED) is 0.530. The fraction of sp³-hybridized carbons (Fsp3) is 0.368. The van der Waals surface area contributed by atoms with Crippen molar-refractivity contribution in [1.82, 2.24) is 4.98 Å². The molecule has 0 saturated heterocycles. The number of pyridine rings is 1. The van der Waals surface area contributed by atoms with Gasteiger partial charge in [-0.05, 0) is 54.6 Å². The van der Waals surface area contributed by atoms with Crippen LogP contribution in [0.2, 0.25) is 0 Å². The van der Waals surface area contributed by atoms with E-state index in [1.165, 1.54) is 31.2 Å². The number of aliphatic imine (C=N–C) groups is 1. The maximum absolute atomic E-state index is 4.60. The van der Waals surface area contributed by atoms with Crippen LogP contribution in [-0.2, 0) is 0 Å². The van der Waals surface area contributed by atoms with E-state index < -0.39 is 0 Å². The van der Waals surface area contributed by atoms with Gasteiger partial charge in [0.05, 0.1) is 22.7 Å². The lowest BCUT2D eigenvalue weighted by atomic mass is 9.79. The molecule has 1 saturated carbocycles. The third-order valence-electron chi connectivity index (χ3n) is 4.62. The summed E-state index contributed by atoms with van der Waals surface area (Å²) < 4.78 is 0. The van der Waals surface area contributed by atoms with Crippen LogP contribution in [0.3, 0.4) is 0 Å². The molecule has 3 heteroatoms. The van der Waals surface area contributed by atoms with Crippen LogP contribution in [0.4, 0.5) is 5.69 Å². The molecule has 0 N–H and O–H groups in total. The summed E-state index contributed by atoms with van der Waals surface area (Å²) in [5.74, 6) is 1.63. The Morgan fingerprint density at radius 3 is 2.36 bits per heavy atom. The highest BCUT2D eigenvalue weighted by Crippen LogP contribution is 2.36. The third-order valence-corrected chi connectivity index (χ3v) is 4.71. The van der Waals surface area contributed by atoms with Crippen LogP contribution >= 0.6 is 12.2 Å². The van der Waals surface area contributed by atoms with E-state index in [-0.39, 0.29) is 0 Å². The maximum atomic E-state index is 4.60. The van der Waals surface area contributed by atoms with Gasteiger partial charge < -0.3 is 0 Å². The van der Waals surface area contributed by atoms with Crippen molar-refractivity contribution in [3.05, 3.63) is 48.2 Å². The molecule has 1 aromatic heterocycles. The normalized spacial score (nSPS) is 21.1. The van der Waals surface area contributed by atoms with Crippen molar-refractivity contribution in [2.24, 2.45) is 10.9 Å². The summed E-state index contributed by atoms with van der Waals surface area (Å²) in [6, 6.07) is 12.8. The predicted molar refractivity (Wildman–Crippen MR) is 94.7 cm³/mol. The van der Waals surface area contributed by atoms with Crippen molar-refractivity contribution >= 4 is 23.1 Å². The summed E-state index contributed by atoms with van der Waals surface area (Å²) in [5.41, 5.74) is 4.32. The minimum atomic E-state index is 0.734. The Kier molecular flexibility index (Phi) is 4.77. The Labute approximate surface area is 137 Å². The summed E-state index contributed by atoms with van der Waals surface area (Å²) >= 11 is 4.60. The molecule has 1 aliphatic rings. The first kappa shape index (κ1) is 15.1. The van der Waals surface area contributed by atoms with Crippen LogP contribution in [0.5, 0.6) is 0 Å². The van der Waals surface area contributed by atoms with Gasteiger partial charge in [0.25, 0.3) is 0 Å². The van der Waals surface area contributed by atoms with Crippen LogP contribution in [0.1, 0.15) is 44.1 Å². The second kappa shape index (κ2) is 6.95. The summed E-state index contributed by atoms with van der Waals surface area (Å²) in [4.78, 5) is 8.36. The number of hydrogen-bond acceptors (Lipinski definition) is 3. The molecular weight excluding hydrogens is 288 g/mol. The highest BCUT2D eigenvalue weighted by atomic mass is 32.1. The Bertz CT molecular complexity index is 662. The van der Waals surface area contributed by atoms with Crippen LogP contribution in [0.25, 0.3) is 11.3 Å². The van der Waals surface area contributed by atoms with Crippen molar-refractivity contribution in [3.8, 4) is 11.3 Å². The van der Waals surface area contributed by atoms with Gasteiger partial charge in [0.15, 0.2) is 0 Å². The van der Waals surface area contributed by atoms with Crippen LogP contribution in [-0.4, -0.2) is 10.1 Å². The minimum absolute atomic E-state index is 0.734. The molecule has 1 fully saturated rings. The monoisotopic (exact) mass is 308 g/mol. The molecule has 1 aromatic carbocycles. The zero-order valence-electron chi connectivity index (χ0n) is 12.8. The number of hydrogen-bond donors (Lipinski definition) is 0. The van der Waals surface area contributed by atoms with E-state index in [1.54, 1.807) is 6.20 Å². The SMILES string of the molecule is CC1CCC(c2ccc(-c3ccc(N=C=S)cn3)cc2)CC1. The van der Waals surface area contributed by atoms with E-state index in [9.17, 15) is 0 Å². The average molecular weight is 308 g/mol. The lowest BCUT2D eigenvalue weighted by molar-refractivity contribution is 0.348. The minimum Gasteiger partial charge on any atom is -0.254 e. The molecule has 22 heavy (non-hydrogen) atoms. The van der Waals surface area contributed by atoms with Gasteiger partial charge in [0, 0.05) is 5.56 Å². The van der Waals surface area contributed by atoms with Gasteiger partial charge in [-0.15, -0.1) is 0 Å². The van der Waals surface area contributed by atoms with E-state index in [0.29, 0.717) is 0 Å². The van der Waals surface area contributed by atoms with Gasteiger partial charge in [0.1, 0.15) is 0 Å². The van der Waals surface area contributed by atoms with Crippen molar-refractivity contribution in [1.29, 1.82) is 0 Å². The van der Waals surface area contributed by atoms with Gasteiger partial charge in [0.2, 0.25) is 0 Å². The molecule has 0 atom stereocenters. The molecule has 112 valence electrons. The number of aromatic nitrogens is 1. The second-order valence-corrected chi connectivity index (χ2v) is 6.37. The second-order valence-electron chi connectivity index (χ2n) is 6.18. The number of benzene rings is 1. The van der Waals surface area contributed by atoms with Crippen LogP contribution < -0.4 is 0 Å². The van der Waals surface area contributed by atoms with Crippen LogP contribution in [0, 0.1) is 5.92 Å². The maximum Gasteiger partial charge on any atom is 0.0923 e. The predicted octanol–water partition coefficient (Wildman–Crippen LogP) is 5.78. The van der Waals surface area contributed by atoms with Gasteiger partial charge in [-0.2, -0.15) is 4.99 Å². The first-order chi connectivity index (χ1) is 10.8. The van der Waals surface area contributed by atoms with E-state index in [2.05, 4.69) is 58.5 Å². The van der Waals surface area contributed by atoms with Gasteiger partial charge >= 0.3 is 0 Å². The molecular formula is C19H20N2S. The molecule has 3 rings (SSSR count). The lowest BCUT2D eigenvalue weighted by Crippen LogP contribution is -2.10. The van der Waals surface area contributed by atoms with E-state index in [0.717, 1.165) is 28.8 Å². The molecule has 1 heterocycles. The molecule has 0 spiro atoms. The molecule has 0 unspecified atom stereocenters. The van der Waals surface area contributed by atoms with Crippen molar-refractivity contribution in [2.75, 3.05) is 0 Å². The summed E-state index contributed by atoms with van der Waals surface area (Å²) in [7, 11) is 0. The Morgan fingerprint density at radius 2 is 1.77 bits per heavy atom. The highest BCUT2D eigenvalue weighted by Gasteiger charge is 2.19. The molecule has 0 amide bonds. The Balaban J connectivity index is 1.74. The largest absolute Gasteiger partial charge is 0.254 e. The molecule has 2 aromatic rings. The number of isothiocyanates is 1. The lowest BCUT2D eigenvalue weighted by Gasteiger charge is -2.26. The number of thiocarbonyl (C=S) groups is 1. The molecule has 0 radical (unpaired) electrons. The summed E-state index contributed by atoms with van der Waals surface area (Å²) in [6.07, 6.45) is 7.09. The van der Waals surface area contributed by atoms with Gasteiger partial charge in [-0.3, -0.25) is 4.98 Å². The first-order valence-electron chi connectivity index (χ1n) is 7.90. The van der Waals surface area contributed by atoms with Crippen molar-refractivity contribution in [3.63, 3.8) is 0 Å². The smallest absolute Gasteiger partial charge is 0.0923 e. The third kappa shape index (κ3) is 3.49. The summed E-state index contributed by atoms with van der Waals surface area (Å²) in [5, 5.41) is 2.36. The fourth-order valence-electron chi connectivity index (χ4n) is 3.20. The zero-order valence-corrected chi connectivity index (χ0v) is 13.6. The fourth-order valence-corrected chi connectivity index (χ4v) is 3.30. The van der Waals surface area contributed by atoms with E-state index in [1.807, 2.05) is 12.1 Å². The zero-order chi connectivity index (χ0) is 15.4. The molecule has 0 bridgehead atoms. The topological polar surface area (TPSA) is 25.2 Å². The molecule has 1 aliphatic carbocycles. The first-order valence-corrected chi connectivity index (χ1v) is 8.31. The number of rotatable bonds is 3. The number of nitrogens with zero attached hydrogens (tertiary/aromatic N) is 2. The van der Waals surface area contributed by atoms with E-state index in [4.69, 9.17) is 0 Å².